The van der Waals surface area contributed by atoms with Crippen molar-refractivity contribution in [2.24, 2.45) is 5.92 Å². The van der Waals surface area contributed by atoms with Crippen molar-refractivity contribution < 1.29 is 24.2 Å². The van der Waals surface area contributed by atoms with Gasteiger partial charge in [0.1, 0.15) is 6.61 Å². The quantitative estimate of drug-likeness (QED) is 0.581. The molecule has 0 spiro atoms. The number of amides is 2. The SMILES string of the molecule is O=C(O)CCNC(=O)C1CCCN(C(=O)COC2CCNCC2)C1. The van der Waals surface area contributed by atoms with Crippen molar-refractivity contribution in [1.82, 2.24) is 15.5 Å². The minimum Gasteiger partial charge on any atom is -0.481 e. The van der Waals surface area contributed by atoms with E-state index in [0.717, 1.165) is 38.8 Å². The van der Waals surface area contributed by atoms with Crippen LogP contribution in [-0.2, 0) is 19.1 Å². The van der Waals surface area contributed by atoms with Crippen LogP contribution in [0.4, 0.5) is 0 Å². The van der Waals surface area contributed by atoms with Crippen LogP contribution in [0.5, 0.6) is 0 Å². The standard InChI is InChI=1S/C16H27N3O5/c20-14(11-24-13-3-6-17-7-4-13)19-9-1-2-12(10-19)16(23)18-8-5-15(21)22/h12-13,17H,1-11H2,(H,18,23)(H,21,22). The van der Waals surface area contributed by atoms with Gasteiger partial charge in [0.25, 0.3) is 0 Å². The van der Waals surface area contributed by atoms with Crippen molar-refractivity contribution in [3.05, 3.63) is 0 Å². The normalized spacial score (nSPS) is 22.2. The van der Waals surface area contributed by atoms with Gasteiger partial charge < -0.3 is 25.4 Å². The number of rotatable bonds is 7. The summed E-state index contributed by atoms with van der Waals surface area (Å²) < 4.78 is 5.69. The van der Waals surface area contributed by atoms with E-state index in [1.807, 2.05) is 0 Å². The predicted molar refractivity (Wildman–Crippen MR) is 86.4 cm³/mol. The van der Waals surface area contributed by atoms with E-state index in [0.29, 0.717) is 13.1 Å². The van der Waals surface area contributed by atoms with Gasteiger partial charge in [-0.3, -0.25) is 14.4 Å². The van der Waals surface area contributed by atoms with Crippen LogP contribution in [0.1, 0.15) is 32.1 Å². The Morgan fingerprint density at radius 2 is 1.96 bits per heavy atom. The maximum Gasteiger partial charge on any atom is 0.305 e. The molecular weight excluding hydrogens is 314 g/mol. The minimum atomic E-state index is -0.939. The van der Waals surface area contributed by atoms with Crippen LogP contribution in [0.25, 0.3) is 0 Å². The van der Waals surface area contributed by atoms with Crippen molar-refractivity contribution in [2.45, 2.75) is 38.2 Å². The number of aliphatic carboxylic acids is 1. The van der Waals surface area contributed by atoms with E-state index < -0.39 is 5.97 Å². The van der Waals surface area contributed by atoms with Gasteiger partial charge in [-0.15, -0.1) is 0 Å². The first-order valence-corrected chi connectivity index (χ1v) is 8.66. The molecule has 8 nitrogen and oxygen atoms in total. The summed E-state index contributed by atoms with van der Waals surface area (Å²) in [6, 6.07) is 0. The van der Waals surface area contributed by atoms with Gasteiger partial charge in [0.15, 0.2) is 0 Å². The highest BCUT2D eigenvalue weighted by Crippen LogP contribution is 2.17. The largest absolute Gasteiger partial charge is 0.481 e. The van der Waals surface area contributed by atoms with Gasteiger partial charge in [-0.2, -0.15) is 0 Å². The number of carbonyl (C=O) groups excluding carboxylic acids is 2. The second-order valence-corrected chi connectivity index (χ2v) is 6.37. The summed E-state index contributed by atoms with van der Waals surface area (Å²) >= 11 is 0. The maximum absolute atomic E-state index is 12.3. The molecule has 3 N–H and O–H groups in total. The van der Waals surface area contributed by atoms with Crippen LogP contribution < -0.4 is 10.6 Å². The van der Waals surface area contributed by atoms with Gasteiger partial charge >= 0.3 is 5.97 Å². The second-order valence-electron chi connectivity index (χ2n) is 6.37. The molecular formula is C16H27N3O5. The molecule has 2 rings (SSSR count). The summed E-state index contributed by atoms with van der Waals surface area (Å²) in [6.07, 6.45) is 3.37. The van der Waals surface area contributed by atoms with Gasteiger partial charge in [-0.25, -0.2) is 0 Å². The van der Waals surface area contributed by atoms with Crippen molar-refractivity contribution in [3.8, 4) is 0 Å². The van der Waals surface area contributed by atoms with Crippen LogP contribution in [0.2, 0.25) is 0 Å². The summed E-state index contributed by atoms with van der Waals surface area (Å²) in [6.45, 7) is 3.05. The summed E-state index contributed by atoms with van der Waals surface area (Å²) in [7, 11) is 0. The number of ether oxygens (including phenoxy) is 1. The number of hydrogen-bond donors (Lipinski definition) is 3. The molecule has 0 aromatic carbocycles. The highest BCUT2D eigenvalue weighted by molar-refractivity contribution is 5.82. The predicted octanol–water partition coefficient (Wildman–Crippen LogP) is -0.415. The molecule has 8 heteroatoms. The molecule has 136 valence electrons. The molecule has 0 aliphatic carbocycles. The number of hydrogen-bond acceptors (Lipinski definition) is 5. The second kappa shape index (κ2) is 9.58. The van der Waals surface area contributed by atoms with Crippen LogP contribution in [-0.4, -0.2) is 73.2 Å². The third-order valence-corrected chi connectivity index (χ3v) is 4.51. The Kier molecular flexibility index (Phi) is 7.45. The van der Waals surface area contributed by atoms with E-state index in [4.69, 9.17) is 9.84 Å². The number of carbonyl (C=O) groups is 3. The number of carboxylic acid groups (broad SMARTS) is 1. The fraction of sp³-hybridized carbons (Fsp3) is 0.812. The molecule has 2 fully saturated rings. The lowest BCUT2D eigenvalue weighted by atomic mass is 9.97. The molecule has 1 atom stereocenters. The highest BCUT2D eigenvalue weighted by atomic mass is 16.5. The number of likely N-dealkylation sites (tertiary alicyclic amines) is 1. The van der Waals surface area contributed by atoms with E-state index in [-0.39, 0.29) is 43.4 Å². The van der Waals surface area contributed by atoms with E-state index >= 15 is 0 Å². The first-order chi connectivity index (χ1) is 11.6. The molecule has 2 aliphatic rings. The highest BCUT2D eigenvalue weighted by Gasteiger charge is 2.28. The maximum atomic E-state index is 12.3. The van der Waals surface area contributed by atoms with Crippen LogP contribution >= 0.6 is 0 Å². The van der Waals surface area contributed by atoms with E-state index in [1.165, 1.54) is 0 Å². The Balaban J connectivity index is 1.71. The fourth-order valence-corrected chi connectivity index (χ4v) is 3.10. The molecule has 0 aromatic heterocycles. The lowest BCUT2D eigenvalue weighted by Crippen LogP contribution is -2.47. The monoisotopic (exact) mass is 341 g/mol. The van der Waals surface area contributed by atoms with E-state index in [1.54, 1.807) is 4.90 Å². The Morgan fingerprint density at radius 3 is 2.67 bits per heavy atom. The Labute approximate surface area is 141 Å². The van der Waals surface area contributed by atoms with Crippen molar-refractivity contribution in [2.75, 3.05) is 39.3 Å². The smallest absolute Gasteiger partial charge is 0.305 e. The first kappa shape index (κ1) is 18.7. The molecule has 0 saturated carbocycles. The molecule has 0 bridgehead atoms. The van der Waals surface area contributed by atoms with Crippen molar-refractivity contribution >= 4 is 17.8 Å². The topological polar surface area (TPSA) is 108 Å². The average molecular weight is 341 g/mol. The molecule has 1 unspecified atom stereocenters. The van der Waals surface area contributed by atoms with Gasteiger partial charge in [-0.05, 0) is 38.8 Å². The molecule has 24 heavy (non-hydrogen) atoms. The van der Waals surface area contributed by atoms with Crippen molar-refractivity contribution in [1.29, 1.82) is 0 Å². The van der Waals surface area contributed by atoms with Crippen LogP contribution in [0.3, 0.4) is 0 Å². The molecule has 2 heterocycles. The summed E-state index contributed by atoms with van der Waals surface area (Å²) in [4.78, 5) is 36.5. The lowest BCUT2D eigenvalue weighted by Gasteiger charge is -2.32. The minimum absolute atomic E-state index is 0.0675. The molecule has 2 amide bonds. The fourth-order valence-electron chi connectivity index (χ4n) is 3.10. The zero-order chi connectivity index (χ0) is 17.4. The molecule has 2 aliphatic heterocycles. The van der Waals surface area contributed by atoms with E-state index in [2.05, 4.69) is 10.6 Å². The zero-order valence-electron chi connectivity index (χ0n) is 14.0. The number of nitrogens with zero attached hydrogens (tertiary/aromatic N) is 1. The lowest BCUT2D eigenvalue weighted by molar-refractivity contribution is -0.142. The number of carboxylic acids is 1. The van der Waals surface area contributed by atoms with Gasteiger partial charge in [-0.1, -0.05) is 0 Å². The van der Waals surface area contributed by atoms with Gasteiger partial charge in [0.05, 0.1) is 18.4 Å². The summed E-state index contributed by atoms with van der Waals surface area (Å²) in [5, 5.41) is 14.5. The van der Waals surface area contributed by atoms with Gasteiger partial charge in [0.2, 0.25) is 11.8 Å². The van der Waals surface area contributed by atoms with Gasteiger partial charge in [0, 0.05) is 19.6 Å². The average Bonchev–Trinajstić information content (AvgIpc) is 2.60. The molecule has 2 saturated heterocycles. The Hall–Kier alpha value is -1.67. The van der Waals surface area contributed by atoms with Crippen LogP contribution in [0, 0.1) is 5.92 Å². The zero-order valence-corrected chi connectivity index (χ0v) is 14.0. The molecule has 0 radical (unpaired) electrons. The Bertz CT molecular complexity index is 451. The van der Waals surface area contributed by atoms with E-state index in [9.17, 15) is 14.4 Å². The first-order valence-electron chi connectivity index (χ1n) is 8.66. The number of piperidine rings is 2. The van der Waals surface area contributed by atoms with Crippen LogP contribution in [0.15, 0.2) is 0 Å². The third-order valence-electron chi connectivity index (χ3n) is 4.51. The summed E-state index contributed by atoms with van der Waals surface area (Å²) in [5.74, 6) is -1.45. The van der Waals surface area contributed by atoms with Crippen molar-refractivity contribution in [3.63, 3.8) is 0 Å². The Morgan fingerprint density at radius 1 is 1.21 bits per heavy atom. The summed E-state index contributed by atoms with van der Waals surface area (Å²) in [5.41, 5.74) is 0. The third kappa shape index (κ3) is 6.09. The molecule has 0 aromatic rings. The number of nitrogens with one attached hydrogen (secondary N) is 2.